The standard InChI is InChI=1S/C3H5O.H3O4P/c1-2-3-4;1-5(2,3)4/h2H,1,3H2;(H3,1,2,3,4). The van der Waals surface area contributed by atoms with Crippen LogP contribution in [0.1, 0.15) is 0 Å². The maximum atomic E-state index is 9.18. The fraction of sp³-hybridized carbons (Fsp3) is 0.333. The first kappa shape index (κ1) is 11.6. The van der Waals surface area contributed by atoms with Crippen LogP contribution in [0.4, 0.5) is 0 Å². The van der Waals surface area contributed by atoms with E-state index in [9.17, 15) is 5.11 Å². The van der Waals surface area contributed by atoms with Crippen LogP contribution in [-0.2, 0) is 9.67 Å². The topological polar surface area (TPSA) is 97.7 Å². The highest BCUT2D eigenvalue weighted by Crippen LogP contribution is 2.25. The van der Waals surface area contributed by atoms with E-state index in [1.54, 1.807) is 0 Å². The molecule has 0 saturated heterocycles. The fourth-order valence-corrected chi connectivity index (χ4v) is 0. The van der Waals surface area contributed by atoms with Crippen LogP contribution in [0.5, 0.6) is 0 Å². The Balaban J connectivity index is 0. The van der Waals surface area contributed by atoms with E-state index >= 15 is 0 Å². The number of phosphoric acid groups is 1. The van der Waals surface area contributed by atoms with Crippen molar-refractivity contribution in [3.05, 3.63) is 12.7 Å². The lowest BCUT2D eigenvalue weighted by atomic mass is 10.7. The van der Waals surface area contributed by atoms with E-state index in [1.807, 2.05) is 0 Å². The van der Waals surface area contributed by atoms with Gasteiger partial charge in [0.1, 0.15) is 6.61 Å². The van der Waals surface area contributed by atoms with Crippen molar-refractivity contribution >= 4 is 7.82 Å². The first-order valence-electron chi connectivity index (χ1n) is 1.89. The van der Waals surface area contributed by atoms with Crippen LogP contribution in [0.15, 0.2) is 12.7 Å². The lowest BCUT2D eigenvalue weighted by molar-refractivity contribution is 0.232. The molecular weight excluding hydrogens is 147 g/mol. The van der Waals surface area contributed by atoms with E-state index in [4.69, 9.17) is 19.2 Å². The summed E-state index contributed by atoms with van der Waals surface area (Å²) in [5.41, 5.74) is 0. The van der Waals surface area contributed by atoms with Crippen molar-refractivity contribution in [2.24, 2.45) is 0 Å². The Morgan fingerprint density at radius 2 is 1.56 bits per heavy atom. The van der Waals surface area contributed by atoms with Gasteiger partial charge in [-0.05, 0) is 0 Å². The Morgan fingerprint density at radius 3 is 1.56 bits per heavy atom. The zero-order valence-corrected chi connectivity index (χ0v) is 5.49. The lowest BCUT2D eigenvalue weighted by Gasteiger charge is -1.82. The van der Waals surface area contributed by atoms with Crippen LogP contribution >= 0.6 is 7.82 Å². The summed E-state index contributed by atoms with van der Waals surface area (Å²) >= 11 is 0. The molecule has 0 unspecified atom stereocenters. The highest BCUT2D eigenvalue weighted by atomic mass is 31.2. The van der Waals surface area contributed by atoms with Crippen molar-refractivity contribution in [2.75, 3.05) is 6.61 Å². The van der Waals surface area contributed by atoms with E-state index < -0.39 is 7.82 Å². The minimum absolute atomic E-state index is 0.167. The van der Waals surface area contributed by atoms with Crippen LogP contribution in [0.3, 0.4) is 0 Å². The van der Waals surface area contributed by atoms with Crippen molar-refractivity contribution in [1.29, 1.82) is 0 Å². The minimum atomic E-state index is -4.64. The normalized spacial score (nSPS) is 9.33. The Labute approximate surface area is 52.5 Å². The maximum absolute atomic E-state index is 9.18. The zero-order valence-electron chi connectivity index (χ0n) is 4.60. The van der Waals surface area contributed by atoms with Gasteiger partial charge in [0, 0.05) is 0 Å². The molecule has 0 rings (SSSR count). The van der Waals surface area contributed by atoms with Gasteiger partial charge >= 0.3 is 7.82 Å². The lowest BCUT2D eigenvalue weighted by Crippen LogP contribution is -1.66. The Bertz CT molecular complexity index is 96.5. The molecule has 0 fully saturated rings. The van der Waals surface area contributed by atoms with Crippen molar-refractivity contribution < 1.29 is 24.4 Å². The summed E-state index contributed by atoms with van der Waals surface area (Å²) in [4.78, 5) is 21.6. The number of hydrogen-bond acceptors (Lipinski definition) is 1. The van der Waals surface area contributed by atoms with E-state index in [2.05, 4.69) is 6.58 Å². The number of rotatable bonds is 1. The van der Waals surface area contributed by atoms with Gasteiger partial charge in [-0.3, -0.25) is 0 Å². The molecule has 3 N–H and O–H groups in total. The summed E-state index contributed by atoms with van der Waals surface area (Å²) in [5, 5.41) is 9.18. The van der Waals surface area contributed by atoms with Crippen LogP contribution in [0, 0.1) is 0 Å². The molecule has 0 aliphatic carbocycles. The van der Waals surface area contributed by atoms with Crippen LogP contribution in [-0.4, -0.2) is 21.3 Å². The van der Waals surface area contributed by atoms with Gasteiger partial charge in [-0.2, -0.15) is 0 Å². The van der Waals surface area contributed by atoms with Gasteiger partial charge in [0.15, 0.2) is 0 Å². The summed E-state index contributed by atoms with van der Waals surface area (Å²) in [6.45, 7) is 3.00. The molecule has 0 bridgehead atoms. The molecule has 0 atom stereocenters. The average Bonchev–Trinajstić information content (AvgIpc) is 1.61. The van der Waals surface area contributed by atoms with Crippen molar-refractivity contribution in [3.63, 3.8) is 0 Å². The molecule has 0 spiro atoms. The molecule has 6 heteroatoms. The van der Waals surface area contributed by atoms with Gasteiger partial charge in [0.2, 0.25) is 0 Å². The summed E-state index contributed by atoms with van der Waals surface area (Å²) in [6, 6.07) is 0. The summed E-state index contributed by atoms with van der Waals surface area (Å²) in [6.07, 6.45) is 1.32. The monoisotopic (exact) mass is 155 g/mol. The second-order valence-corrected chi connectivity index (χ2v) is 2.00. The van der Waals surface area contributed by atoms with E-state index in [-0.39, 0.29) is 6.61 Å². The Morgan fingerprint density at radius 1 is 1.44 bits per heavy atom. The molecule has 0 saturated carbocycles. The predicted octanol–water partition coefficient (Wildman–Crippen LogP) is -0.326. The van der Waals surface area contributed by atoms with Gasteiger partial charge in [0.05, 0.1) is 0 Å². The molecule has 0 aromatic rings. The molecule has 0 aliphatic heterocycles. The van der Waals surface area contributed by atoms with Crippen LogP contribution in [0.25, 0.3) is 0 Å². The van der Waals surface area contributed by atoms with E-state index in [1.165, 1.54) is 6.08 Å². The van der Waals surface area contributed by atoms with Gasteiger partial charge in [-0.25, -0.2) is 9.67 Å². The predicted molar refractivity (Wildman–Crippen MR) is 30.0 cm³/mol. The van der Waals surface area contributed by atoms with Gasteiger partial charge in [-0.1, -0.05) is 6.08 Å². The summed E-state index contributed by atoms with van der Waals surface area (Å²) in [5.74, 6) is 0. The maximum Gasteiger partial charge on any atom is 0.466 e. The van der Waals surface area contributed by atoms with Crippen LogP contribution in [0.2, 0.25) is 0 Å². The summed E-state index contributed by atoms with van der Waals surface area (Å²) < 4.78 is 8.88. The quantitative estimate of drug-likeness (QED) is 0.356. The molecule has 0 heterocycles. The first-order valence-corrected chi connectivity index (χ1v) is 3.45. The molecule has 5 nitrogen and oxygen atoms in total. The van der Waals surface area contributed by atoms with Crippen molar-refractivity contribution in [2.45, 2.75) is 0 Å². The Hall–Kier alpha value is -0.190. The largest absolute Gasteiger partial charge is 0.466 e. The van der Waals surface area contributed by atoms with Crippen LogP contribution < -0.4 is 0 Å². The van der Waals surface area contributed by atoms with E-state index in [0.29, 0.717) is 0 Å². The third-order valence-electron chi connectivity index (χ3n) is 0.118. The van der Waals surface area contributed by atoms with Gasteiger partial charge in [0.25, 0.3) is 0 Å². The molecule has 0 aromatic heterocycles. The second kappa shape index (κ2) is 5.94. The minimum Gasteiger partial charge on any atom is -0.303 e. The third-order valence-corrected chi connectivity index (χ3v) is 0.118. The summed E-state index contributed by atoms with van der Waals surface area (Å²) in [7, 11) is -4.64. The zero-order chi connectivity index (χ0) is 7.91. The third kappa shape index (κ3) is 402. The fourth-order valence-electron chi connectivity index (χ4n) is 0. The first-order chi connectivity index (χ1) is 3.91. The molecule has 0 aliphatic rings. The molecule has 0 aromatic carbocycles. The Kier molecular flexibility index (Phi) is 7.65. The smallest absolute Gasteiger partial charge is 0.303 e. The second-order valence-electron chi connectivity index (χ2n) is 0.969. The SMILES string of the molecule is C=CC[O].O=P(O)(O)O. The van der Waals surface area contributed by atoms with Gasteiger partial charge in [-0.15, -0.1) is 6.58 Å². The number of hydrogen-bond donors (Lipinski definition) is 3. The molecule has 55 valence electrons. The van der Waals surface area contributed by atoms with Gasteiger partial charge < -0.3 is 14.7 Å². The average molecular weight is 155 g/mol. The highest BCUT2D eigenvalue weighted by molar-refractivity contribution is 7.45. The molecule has 1 radical (unpaired) electrons. The van der Waals surface area contributed by atoms with Crippen molar-refractivity contribution in [3.8, 4) is 0 Å². The molecule has 9 heavy (non-hydrogen) atoms. The van der Waals surface area contributed by atoms with Crippen molar-refractivity contribution in [1.82, 2.24) is 0 Å². The molecular formula is C3H8O5P. The van der Waals surface area contributed by atoms with E-state index in [0.717, 1.165) is 0 Å². The molecule has 0 amide bonds. The highest BCUT2D eigenvalue weighted by Gasteiger charge is 2.00.